The molecule has 2 aliphatic carbocycles. The summed E-state index contributed by atoms with van der Waals surface area (Å²) in [6, 6.07) is 7.08. The van der Waals surface area contributed by atoms with Gasteiger partial charge in [-0.15, -0.1) is 0 Å². The Morgan fingerprint density at radius 3 is 2.72 bits per heavy atom. The van der Waals surface area contributed by atoms with Crippen molar-refractivity contribution in [2.24, 2.45) is 11.8 Å². The van der Waals surface area contributed by atoms with Gasteiger partial charge in [-0.1, -0.05) is 18.6 Å². The lowest BCUT2D eigenvalue weighted by Gasteiger charge is -2.24. The number of hydrogen-bond donors (Lipinski definition) is 2. The molecule has 96 valence electrons. The van der Waals surface area contributed by atoms with E-state index in [2.05, 4.69) is 10.6 Å². The number of rotatable bonds is 2. The van der Waals surface area contributed by atoms with E-state index in [1.807, 2.05) is 0 Å². The number of hydrogen-bond acceptors (Lipinski definition) is 1. The molecule has 0 aromatic heterocycles. The molecule has 2 aliphatic rings. The first-order chi connectivity index (χ1) is 8.72. The molecule has 2 fully saturated rings. The van der Waals surface area contributed by atoms with Crippen molar-refractivity contribution in [3.05, 3.63) is 30.1 Å². The van der Waals surface area contributed by atoms with Crippen molar-refractivity contribution in [1.82, 2.24) is 5.32 Å². The minimum absolute atomic E-state index is 0.269. The molecule has 3 rings (SSSR count). The molecule has 2 nitrogen and oxygen atoms in total. The Bertz CT molecular complexity index is 463. The summed E-state index contributed by atoms with van der Waals surface area (Å²) in [5, 5.41) is 6.82. The third-order valence-corrected chi connectivity index (χ3v) is 4.40. The quantitative estimate of drug-likeness (QED) is 0.801. The fraction of sp³-hybridized carbons (Fsp3) is 0.500. The minimum Gasteiger partial charge on any atom is -0.359 e. The van der Waals surface area contributed by atoms with Gasteiger partial charge < -0.3 is 10.6 Å². The second-order valence-corrected chi connectivity index (χ2v) is 5.77. The molecule has 0 heterocycles. The Kier molecular flexibility index (Phi) is 3.20. The van der Waals surface area contributed by atoms with Gasteiger partial charge in [-0.2, -0.15) is 0 Å². The van der Waals surface area contributed by atoms with Crippen LogP contribution in [0.3, 0.4) is 0 Å². The summed E-state index contributed by atoms with van der Waals surface area (Å²) in [5.41, 5.74) is 0.443. The normalized spacial score (nSPS) is 29.3. The van der Waals surface area contributed by atoms with Crippen LogP contribution in [0.5, 0.6) is 0 Å². The fourth-order valence-corrected chi connectivity index (χ4v) is 3.57. The molecule has 0 spiro atoms. The zero-order valence-corrected chi connectivity index (χ0v) is 11.0. The standard InChI is InChI=1S/C14H17FN2S/c15-11-3-1-2-4-12(11)16-14(18)17-13-8-9-5-6-10(13)7-9/h1-4,9-10,13H,5-8H2,(H2,16,17,18)/t9-,10-,13+/m0/s1. The van der Waals surface area contributed by atoms with Gasteiger partial charge in [0.2, 0.25) is 0 Å². The van der Waals surface area contributed by atoms with Crippen LogP contribution in [0.15, 0.2) is 24.3 Å². The maximum Gasteiger partial charge on any atom is 0.171 e. The van der Waals surface area contributed by atoms with E-state index in [4.69, 9.17) is 12.2 Å². The average molecular weight is 264 g/mol. The fourth-order valence-electron chi connectivity index (χ4n) is 3.31. The molecule has 0 saturated heterocycles. The summed E-state index contributed by atoms with van der Waals surface area (Å²) in [6.07, 6.45) is 5.23. The molecule has 0 amide bonds. The summed E-state index contributed by atoms with van der Waals surface area (Å²) in [6.45, 7) is 0. The van der Waals surface area contributed by atoms with Gasteiger partial charge in [-0.25, -0.2) is 4.39 Å². The largest absolute Gasteiger partial charge is 0.359 e. The van der Waals surface area contributed by atoms with Gasteiger partial charge >= 0.3 is 0 Å². The van der Waals surface area contributed by atoms with Crippen molar-refractivity contribution in [2.75, 3.05) is 5.32 Å². The highest BCUT2D eigenvalue weighted by atomic mass is 32.1. The van der Waals surface area contributed by atoms with Crippen LogP contribution >= 0.6 is 12.2 Å². The lowest BCUT2D eigenvalue weighted by atomic mass is 9.96. The van der Waals surface area contributed by atoms with E-state index < -0.39 is 0 Å². The van der Waals surface area contributed by atoms with E-state index in [1.165, 1.54) is 31.7 Å². The van der Waals surface area contributed by atoms with E-state index >= 15 is 0 Å². The Labute approximate surface area is 112 Å². The topological polar surface area (TPSA) is 24.1 Å². The zero-order valence-electron chi connectivity index (χ0n) is 10.2. The van der Waals surface area contributed by atoms with E-state index in [9.17, 15) is 4.39 Å². The molecule has 2 bridgehead atoms. The number of halogens is 1. The van der Waals surface area contributed by atoms with Crippen molar-refractivity contribution in [1.29, 1.82) is 0 Å². The number of benzene rings is 1. The maximum absolute atomic E-state index is 13.5. The third-order valence-electron chi connectivity index (χ3n) is 4.18. The van der Waals surface area contributed by atoms with E-state index in [0.29, 0.717) is 16.8 Å². The lowest BCUT2D eigenvalue weighted by Crippen LogP contribution is -2.40. The molecule has 0 unspecified atom stereocenters. The van der Waals surface area contributed by atoms with Crippen LogP contribution in [-0.4, -0.2) is 11.2 Å². The molecule has 18 heavy (non-hydrogen) atoms. The van der Waals surface area contributed by atoms with Crippen LogP contribution < -0.4 is 10.6 Å². The Morgan fingerprint density at radius 2 is 2.06 bits per heavy atom. The third kappa shape index (κ3) is 2.34. The van der Waals surface area contributed by atoms with Crippen molar-refractivity contribution in [2.45, 2.75) is 31.7 Å². The van der Waals surface area contributed by atoms with Crippen molar-refractivity contribution < 1.29 is 4.39 Å². The Balaban J connectivity index is 1.58. The summed E-state index contributed by atoms with van der Waals surface area (Å²) < 4.78 is 13.5. The maximum atomic E-state index is 13.5. The van der Waals surface area contributed by atoms with E-state index in [1.54, 1.807) is 18.2 Å². The monoisotopic (exact) mass is 264 g/mol. The second-order valence-electron chi connectivity index (χ2n) is 5.36. The number of thiocarbonyl (C=S) groups is 1. The predicted molar refractivity (Wildman–Crippen MR) is 75.0 cm³/mol. The molecule has 2 N–H and O–H groups in total. The SMILES string of the molecule is Fc1ccccc1NC(=S)N[C@@H]1C[C@H]2CC[C@H]1C2. The molecular formula is C14H17FN2S. The van der Waals surface area contributed by atoms with Gasteiger partial charge in [-0.3, -0.25) is 0 Å². The van der Waals surface area contributed by atoms with Gasteiger partial charge in [0.25, 0.3) is 0 Å². The first-order valence-corrected chi connectivity index (χ1v) is 6.95. The smallest absolute Gasteiger partial charge is 0.171 e. The molecule has 0 radical (unpaired) electrons. The molecular weight excluding hydrogens is 247 g/mol. The van der Waals surface area contributed by atoms with Crippen molar-refractivity contribution in [3.63, 3.8) is 0 Å². The van der Waals surface area contributed by atoms with Gasteiger partial charge in [0.05, 0.1) is 5.69 Å². The zero-order chi connectivity index (χ0) is 12.5. The molecule has 1 aromatic carbocycles. The summed E-state index contributed by atoms with van der Waals surface area (Å²) >= 11 is 5.26. The van der Waals surface area contributed by atoms with Crippen molar-refractivity contribution >= 4 is 23.0 Å². The summed E-state index contributed by atoms with van der Waals surface area (Å²) in [4.78, 5) is 0. The number of anilines is 1. The Hall–Kier alpha value is -1.16. The molecule has 0 aliphatic heterocycles. The highest BCUT2D eigenvalue weighted by Gasteiger charge is 2.39. The van der Waals surface area contributed by atoms with E-state index in [-0.39, 0.29) is 5.82 Å². The predicted octanol–water partition coefficient (Wildman–Crippen LogP) is 3.30. The van der Waals surface area contributed by atoms with Crippen LogP contribution in [0.4, 0.5) is 10.1 Å². The van der Waals surface area contributed by atoms with E-state index in [0.717, 1.165) is 11.8 Å². The molecule has 3 atom stereocenters. The number of para-hydroxylation sites is 1. The minimum atomic E-state index is -0.269. The van der Waals surface area contributed by atoms with Gasteiger partial charge in [-0.05, 0) is 55.4 Å². The molecule has 1 aromatic rings. The highest BCUT2D eigenvalue weighted by molar-refractivity contribution is 7.80. The van der Waals surface area contributed by atoms with Crippen LogP contribution in [0.2, 0.25) is 0 Å². The number of nitrogens with one attached hydrogen (secondary N) is 2. The molecule has 2 saturated carbocycles. The highest BCUT2D eigenvalue weighted by Crippen LogP contribution is 2.44. The lowest BCUT2D eigenvalue weighted by molar-refractivity contribution is 0.391. The molecule has 4 heteroatoms. The first-order valence-electron chi connectivity index (χ1n) is 6.54. The van der Waals surface area contributed by atoms with Crippen LogP contribution in [0.1, 0.15) is 25.7 Å². The average Bonchev–Trinajstić information content (AvgIpc) is 2.94. The van der Waals surface area contributed by atoms with Gasteiger partial charge in [0.1, 0.15) is 5.82 Å². The summed E-state index contributed by atoms with van der Waals surface area (Å²) in [7, 11) is 0. The second kappa shape index (κ2) is 4.84. The van der Waals surface area contributed by atoms with Gasteiger partial charge in [0, 0.05) is 6.04 Å². The first kappa shape index (κ1) is 11.9. The Morgan fingerprint density at radius 1 is 1.22 bits per heavy atom. The van der Waals surface area contributed by atoms with Crippen molar-refractivity contribution in [3.8, 4) is 0 Å². The van der Waals surface area contributed by atoms with Crippen LogP contribution in [0.25, 0.3) is 0 Å². The number of fused-ring (bicyclic) bond motifs is 2. The summed E-state index contributed by atoms with van der Waals surface area (Å²) in [5.74, 6) is 1.37. The van der Waals surface area contributed by atoms with Crippen LogP contribution in [0, 0.1) is 17.7 Å². The van der Waals surface area contributed by atoms with Crippen LogP contribution in [-0.2, 0) is 0 Å². The van der Waals surface area contributed by atoms with Gasteiger partial charge in [0.15, 0.2) is 5.11 Å².